The van der Waals surface area contributed by atoms with Crippen LogP contribution in [0, 0.1) is 34.5 Å². The van der Waals surface area contributed by atoms with Crippen LogP contribution in [0.25, 0.3) is 0 Å². The van der Waals surface area contributed by atoms with Crippen LogP contribution in [0.15, 0.2) is 59.8 Å². The number of ketones is 1. The van der Waals surface area contributed by atoms with E-state index in [-0.39, 0.29) is 29.0 Å². The topological polar surface area (TPSA) is 83.8 Å². The molecule has 0 heterocycles. The molecule has 4 rings (SSSR count). The molecule has 0 amide bonds. The molecule has 5 heteroatoms. The first-order valence-corrected chi connectivity index (χ1v) is 13.0. The molecule has 1 spiro atoms. The second kappa shape index (κ2) is 9.01. The summed E-state index contributed by atoms with van der Waals surface area (Å²) in [5.41, 5.74) is -2.05. The lowest BCUT2D eigenvalue weighted by Crippen LogP contribution is -2.65. The maximum atomic E-state index is 14.2. The number of hydrogen-bond acceptors (Lipinski definition) is 5. The maximum Gasteiger partial charge on any atom is 0.331 e. The molecule has 2 bridgehead atoms. The van der Waals surface area contributed by atoms with Crippen LogP contribution in [0.5, 0.6) is 0 Å². The molecule has 4 aliphatic carbocycles. The SMILES string of the molecule is CCCC=CC=CC=CC(=O)OC1C(C)=CC2C(=O)C3(C=C(C)C(O)C13O)C(C)CC1C2C1(C)C. The molecular formula is C30H40O5. The average Bonchev–Trinajstić information content (AvgIpc) is 3.30. The summed E-state index contributed by atoms with van der Waals surface area (Å²) in [5, 5.41) is 23.6. The predicted molar refractivity (Wildman–Crippen MR) is 136 cm³/mol. The second-order valence-electron chi connectivity index (χ2n) is 11.7. The minimum absolute atomic E-state index is 0.0399. The highest BCUT2D eigenvalue weighted by Gasteiger charge is 2.76. The summed E-state index contributed by atoms with van der Waals surface area (Å²) in [6, 6.07) is 0. The van der Waals surface area contributed by atoms with Gasteiger partial charge in [0.05, 0.1) is 5.41 Å². The number of aliphatic hydroxyl groups is 2. The molecule has 4 aliphatic rings. The first-order chi connectivity index (χ1) is 16.4. The van der Waals surface area contributed by atoms with Crippen LogP contribution in [0.4, 0.5) is 0 Å². The van der Waals surface area contributed by atoms with E-state index in [1.807, 2.05) is 25.2 Å². The number of unbranched alkanes of at least 4 members (excludes halogenated alkanes) is 1. The lowest BCUT2D eigenvalue weighted by molar-refractivity contribution is -0.201. The molecule has 0 aromatic carbocycles. The summed E-state index contributed by atoms with van der Waals surface area (Å²) in [7, 11) is 0. The Kier molecular flexibility index (Phi) is 6.65. The van der Waals surface area contributed by atoms with E-state index >= 15 is 0 Å². The Labute approximate surface area is 209 Å². The molecule has 190 valence electrons. The fourth-order valence-corrected chi connectivity index (χ4v) is 7.33. The van der Waals surface area contributed by atoms with E-state index in [0.717, 1.165) is 19.3 Å². The van der Waals surface area contributed by atoms with Crippen LogP contribution in [0.3, 0.4) is 0 Å². The van der Waals surface area contributed by atoms with Gasteiger partial charge in [-0.05, 0) is 61.0 Å². The number of aliphatic hydroxyl groups excluding tert-OH is 1. The number of ether oxygens (including phenoxy) is 1. The van der Waals surface area contributed by atoms with Crippen LogP contribution in [0.2, 0.25) is 0 Å². The van der Waals surface area contributed by atoms with Gasteiger partial charge >= 0.3 is 5.97 Å². The summed E-state index contributed by atoms with van der Waals surface area (Å²) in [6.45, 7) is 12.1. The van der Waals surface area contributed by atoms with Gasteiger partial charge < -0.3 is 14.9 Å². The van der Waals surface area contributed by atoms with Crippen molar-refractivity contribution in [3.63, 3.8) is 0 Å². The fourth-order valence-electron chi connectivity index (χ4n) is 7.33. The van der Waals surface area contributed by atoms with Gasteiger partial charge in [0.15, 0.2) is 17.5 Å². The summed E-state index contributed by atoms with van der Waals surface area (Å²) in [6.07, 6.45) is 14.6. The first kappa shape index (κ1) is 25.8. The normalized spacial score (nSPS) is 41.9. The van der Waals surface area contributed by atoms with Crippen molar-refractivity contribution in [3.05, 3.63) is 59.8 Å². The van der Waals surface area contributed by atoms with Crippen LogP contribution in [-0.4, -0.2) is 39.8 Å². The molecule has 8 atom stereocenters. The minimum Gasteiger partial charge on any atom is -0.451 e. The number of rotatable bonds is 6. The van der Waals surface area contributed by atoms with Gasteiger partial charge in [-0.25, -0.2) is 4.79 Å². The van der Waals surface area contributed by atoms with E-state index < -0.39 is 29.2 Å². The second-order valence-corrected chi connectivity index (χ2v) is 11.7. The van der Waals surface area contributed by atoms with E-state index in [4.69, 9.17) is 4.74 Å². The summed E-state index contributed by atoms with van der Waals surface area (Å²) in [4.78, 5) is 27.1. The van der Waals surface area contributed by atoms with E-state index in [2.05, 4.69) is 26.8 Å². The van der Waals surface area contributed by atoms with Gasteiger partial charge in [-0.2, -0.15) is 0 Å². The predicted octanol–water partition coefficient (Wildman–Crippen LogP) is 4.86. The van der Waals surface area contributed by atoms with Crippen molar-refractivity contribution in [1.82, 2.24) is 0 Å². The number of carbonyl (C=O) groups excluding carboxylic acids is 2. The molecule has 2 fully saturated rings. The summed E-state index contributed by atoms with van der Waals surface area (Å²) >= 11 is 0. The molecule has 2 saturated carbocycles. The average molecular weight is 481 g/mol. The maximum absolute atomic E-state index is 14.2. The smallest absolute Gasteiger partial charge is 0.331 e. The Balaban J connectivity index is 1.70. The highest BCUT2D eigenvalue weighted by molar-refractivity contribution is 5.95. The fraction of sp³-hybridized carbons (Fsp3) is 0.600. The molecule has 5 nitrogen and oxygen atoms in total. The van der Waals surface area contributed by atoms with Crippen molar-refractivity contribution >= 4 is 11.8 Å². The molecule has 0 radical (unpaired) electrons. The van der Waals surface area contributed by atoms with Gasteiger partial charge in [0.2, 0.25) is 0 Å². The number of Topliss-reactive ketones (excluding diaryl/α,β-unsaturated/α-hetero) is 1. The minimum atomic E-state index is -1.95. The number of hydrogen-bond donors (Lipinski definition) is 2. The van der Waals surface area contributed by atoms with Gasteiger partial charge in [-0.15, -0.1) is 0 Å². The monoisotopic (exact) mass is 480 g/mol. The third-order valence-corrected chi connectivity index (χ3v) is 9.23. The third-order valence-electron chi connectivity index (χ3n) is 9.23. The summed E-state index contributed by atoms with van der Waals surface area (Å²) in [5.74, 6) is -0.701. The quantitative estimate of drug-likeness (QED) is 0.245. The van der Waals surface area contributed by atoms with Gasteiger partial charge in [0.25, 0.3) is 0 Å². The number of allylic oxidation sites excluding steroid dienone is 6. The lowest BCUT2D eigenvalue weighted by Gasteiger charge is -2.48. The Morgan fingerprint density at radius 1 is 1.17 bits per heavy atom. The Hall–Kier alpha value is -2.24. The molecule has 8 unspecified atom stereocenters. The lowest BCUT2D eigenvalue weighted by atomic mass is 9.59. The van der Waals surface area contributed by atoms with E-state index in [0.29, 0.717) is 17.1 Å². The van der Waals surface area contributed by atoms with Crippen LogP contribution in [-0.2, 0) is 14.3 Å². The Bertz CT molecular complexity index is 1040. The summed E-state index contributed by atoms with van der Waals surface area (Å²) < 4.78 is 5.86. The molecule has 0 saturated heterocycles. The molecule has 0 aromatic heterocycles. The number of carbonyl (C=O) groups is 2. The van der Waals surface area contributed by atoms with Crippen molar-refractivity contribution in [2.45, 2.75) is 78.6 Å². The van der Waals surface area contributed by atoms with Crippen LogP contribution >= 0.6 is 0 Å². The first-order valence-electron chi connectivity index (χ1n) is 13.0. The molecule has 35 heavy (non-hydrogen) atoms. The van der Waals surface area contributed by atoms with Crippen molar-refractivity contribution in [2.24, 2.45) is 34.5 Å². The highest BCUT2D eigenvalue weighted by Crippen LogP contribution is 2.71. The van der Waals surface area contributed by atoms with Gasteiger partial charge in [-0.1, -0.05) is 76.6 Å². The number of fused-ring (bicyclic) bond motifs is 3. The molecule has 0 aromatic rings. The van der Waals surface area contributed by atoms with Crippen molar-refractivity contribution < 1.29 is 24.5 Å². The van der Waals surface area contributed by atoms with E-state index in [1.54, 1.807) is 32.1 Å². The zero-order valence-electron chi connectivity index (χ0n) is 21.8. The zero-order valence-corrected chi connectivity index (χ0v) is 21.8. The van der Waals surface area contributed by atoms with Gasteiger partial charge in [0.1, 0.15) is 6.10 Å². The molecular weight excluding hydrogens is 440 g/mol. The largest absolute Gasteiger partial charge is 0.451 e. The molecule has 2 N–H and O–H groups in total. The van der Waals surface area contributed by atoms with Gasteiger partial charge in [-0.3, -0.25) is 4.79 Å². The van der Waals surface area contributed by atoms with E-state index in [1.165, 1.54) is 6.08 Å². The van der Waals surface area contributed by atoms with Crippen LogP contribution < -0.4 is 0 Å². The van der Waals surface area contributed by atoms with E-state index in [9.17, 15) is 19.8 Å². The highest BCUT2D eigenvalue weighted by atomic mass is 16.6. The standard InChI is InChI=1S/C30H40O5/c1-7-8-9-10-11-12-13-14-23(31)35-27-18(2)15-21-24-22(28(24,5)6)16-20(4)29(26(21)33)17-19(3)25(32)30(27,29)34/h9-15,17,20-22,24-25,27,32,34H,7-8,16H2,1-6H3. The zero-order chi connectivity index (χ0) is 25.8. The number of esters is 1. The Morgan fingerprint density at radius 2 is 1.86 bits per heavy atom. The Morgan fingerprint density at radius 3 is 2.54 bits per heavy atom. The molecule has 0 aliphatic heterocycles. The van der Waals surface area contributed by atoms with Gasteiger partial charge in [0, 0.05) is 12.0 Å². The van der Waals surface area contributed by atoms with Crippen molar-refractivity contribution in [3.8, 4) is 0 Å². The van der Waals surface area contributed by atoms with Crippen molar-refractivity contribution in [1.29, 1.82) is 0 Å². The van der Waals surface area contributed by atoms with Crippen molar-refractivity contribution in [2.75, 3.05) is 0 Å². The third kappa shape index (κ3) is 3.74. The van der Waals surface area contributed by atoms with Crippen LogP contribution in [0.1, 0.15) is 60.8 Å².